The number of anilines is 1. The molecule has 0 aromatic heterocycles. The van der Waals surface area contributed by atoms with Crippen LogP contribution >= 0.6 is 0 Å². The van der Waals surface area contributed by atoms with Crippen LogP contribution in [-0.4, -0.2) is 37.5 Å². The van der Waals surface area contributed by atoms with Crippen LogP contribution in [0.4, 0.5) is 5.69 Å². The highest BCUT2D eigenvalue weighted by molar-refractivity contribution is 5.96. The van der Waals surface area contributed by atoms with Crippen molar-refractivity contribution >= 4 is 23.3 Å². The van der Waals surface area contributed by atoms with E-state index in [-0.39, 0.29) is 30.9 Å². The SMILES string of the molecule is CC(=O)c1ccc(N(CCNC(=O)c2ccc3c(c2)OCO3)C(C)=O)cc1. The standard InChI is InChI=1S/C20H20N2O5/c1-13(23)15-3-6-17(7-4-15)22(14(2)24)10-9-21-20(25)16-5-8-18-19(11-16)27-12-26-18/h3-8,11H,9-10,12H2,1-2H3,(H,21,25). The van der Waals surface area contributed by atoms with E-state index in [0.29, 0.717) is 34.9 Å². The second-order valence-electron chi connectivity index (χ2n) is 6.10. The smallest absolute Gasteiger partial charge is 0.251 e. The first-order chi connectivity index (χ1) is 13.0. The summed E-state index contributed by atoms with van der Waals surface area (Å²) in [5, 5.41) is 2.79. The predicted molar refractivity (Wildman–Crippen MR) is 99.4 cm³/mol. The summed E-state index contributed by atoms with van der Waals surface area (Å²) in [6.45, 7) is 3.69. The van der Waals surface area contributed by atoms with E-state index in [1.807, 2.05) is 0 Å². The number of fused-ring (bicyclic) bond motifs is 1. The largest absolute Gasteiger partial charge is 0.454 e. The fraction of sp³-hybridized carbons (Fsp3) is 0.250. The monoisotopic (exact) mass is 368 g/mol. The Balaban J connectivity index is 1.60. The molecule has 0 fully saturated rings. The van der Waals surface area contributed by atoms with Gasteiger partial charge in [0.05, 0.1) is 0 Å². The Morgan fingerprint density at radius 2 is 1.63 bits per heavy atom. The minimum atomic E-state index is -0.260. The quantitative estimate of drug-likeness (QED) is 0.792. The zero-order valence-electron chi connectivity index (χ0n) is 15.2. The Kier molecular flexibility index (Phi) is 5.40. The number of ether oxygens (including phenoxy) is 2. The molecule has 0 spiro atoms. The van der Waals surface area contributed by atoms with E-state index in [4.69, 9.17) is 9.47 Å². The van der Waals surface area contributed by atoms with Crippen molar-refractivity contribution in [1.82, 2.24) is 5.32 Å². The van der Waals surface area contributed by atoms with Crippen molar-refractivity contribution in [2.45, 2.75) is 13.8 Å². The van der Waals surface area contributed by atoms with Crippen molar-refractivity contribution in [2.75, 3.05) is 24.8 Å². The Morgan fingerprint density at radius 1 is 0.963 bits per heavy atom. The molecule has 0 radical (unpaired) electrons. The van der Waals surface area contributed by atoms with E-state index < -0.39 is 0 Å². The third kappa shape index (κ3) is 4.25. The molecule has 1 aliphatic rings. The molecule has 1 heterocycles. The van der Waals surface area contributed by atoms with Gasteiger partial charge >= 0.3 is 0 Å². The third-order valence-electron chi connectivity index (χ3n) is 4.22. The molecule has 2 amide bonds. The first-order valence-corrected chi connectivity index (χ1v) is 8.52. The van der Waals surface area contributed by atoms with Crippen molar-refractivity contribution < 1.29 is 23.9 Å². The summed E-state index contributed by atoms with van der Waals surface area (Å²) in [6.07, 6.45) is 0. The third-order valence-corrected chi connectivity index (χ3v) is 4.22. The Morgan fingerprint density at radius 3 is 2.30 bits per heavy atom. The van der Waals surface area contributed by atoms with Gasteiger partial charge in [0.2, 0.25) is 12.7 Å². The minimum absolute atomic E-state index is 0.0353. The first-order valence-electron chi connectivity index (χ1n) is 8.52. The van der Waals surface area contributed by atoms with E-state index in [9.17, 15) is 14.4 Å². The lowest BCUT2D eigenvalue weighted by Gasteiger charge is -2.21. The molecule has 27 heavy (non-hydrogen) atoms. The minimum Gasteiger partial charge on any atom is -0.454 e. The summed E-state index contributed by atoms with van der Waals surface area (Å²) in [5.74, 6) is 0.709. The summed E-state index contributed by atoms with van der Waals surface area (Å²) in [6, 6.07) is 11.8. The number of carbonyl (C=O) groups excluding carboxylic acids is 3. The van der Waals surface area contributed by atoms with Crippen LogP contribution in [0, 0.1) is 0 Å². The molecule has 0 unspecified atom stereocenters. The Bertz CT molecular complexity index is 876. The van der Waals surface area contributed by atoms with Crippen molar-refractivity contribution in [3.8, 4) is 11.5 Å². The van der Waals surface area contributed by atoms with Crippen LogP contribution < -0.4 is 19.7 Å². The molecular formula is C20H20N2O5. The highest BCUT2D eigenvalue weighted by atomic mass is 16.7. The molecule has 1 aliphatic heterocycles. The number of hydrogen-bond donors (Lipinski definition) is 1. The number of carbonyl (C=O) groups is 3. The van der Waals surface area contributed by atoms with Crippen molar-refractivity contribution in [3.63, 3.8) is 0 Å². The zero-order chi connectivity index (χ0) is 19.4. The number of rotatable bonds is 6. The molecule has 7 nitrogen and oxygen atoms in total. The van der Waals surface area contributed by atoms with Gasteiger partial charge in [0, 0.05) is 36.8 Å². The van der Waals surface area contributed by atoms with Gasteiger partial charge in [0.1, 0.15) is 0 Å². The van der Waals surface area contributed by atoms with Gasteiger partial charge in [-0.15, -0.1) is 0 Å². The van der Waals surface area contributed by atoms with Crippen LogP contribution in [0.3, 0.4) is 0 Å². The predicted octanol–water partition coefficient (Wildman–Crippen LogP) is 2.40. The molecule has 1 N–H and O–H groups in total. The number of Topliss-reactive ketones (excluding diaryl/α,β-unsaturated/α-hetero) is 1. The van der Waals surface area contributed by atoms with Crippen LogP contribution in [0.25, 0.3) is 0 Å². The van der Waals surface area contributed by atoms with Crippen molar-refractivity contribution in [3.05, 3.63) is 53.6 Å². The average molecular weight is 368 g/mol. The highest BCUT2D eigenvalue weighted by Crippen LogP contribution is 2.32. The average Bonchev–Trinajstić information content (AvgIpc) is 3.12. The molecule has 0 bridgehead atoms. The molecule has 0 atom stereocenters. The summed E-state index contributed by atoms with van der Waals surface area (Å²) in [5.41, 5.74) is 1.71. The maximum Gasteiger partial charge on any atom is 0.251 e. The van der Waals surface area contributed by atoms with Gasteiger partial charge < -0.3 is 19.7 Å². The lowest BCUT2D eigenvalue weighted by atomic mass is 10.1. The Hall–Kier alpha value is -3.35. The second-order valence-corrected chi connectivity index (χ2v) is 6.10. The fourth-order valence-corrected chi connectivity index (χ4v) is 2.77. The van der Waals surface area contributed by atoms with Crippen LogP contribution in [-0.2, 0) is 4.79 Å². The van der Waals surface area contributed by atoms with Gasteiger partial charge in [-0.2, -0.15) is 0 Å². The summed E-state index contributed by atoms with van der Waals surface area (Å²) in [7, 11) is 0. The number of hydrogen-bond acceptors (Lipinski definition) is 5. The second kappa shape index (κ2) is 7.90. The first kappa shape index (κ1) is 18.4. The van der Waals surface area contributed by atoms with Gasteiger partial charge in [-0.3, -0.25) is 14.4 Å². The number of amides is 2. The van der Waals surface area contributed by atoms with Crippen LogP contribution in [0.1, 0.15) is 34.6 Å². The van der Waals surface area contributed by atoms with Crippen molar-refractivity contribution in [1.29, 1.82) is 0 Å². The van der Waals surface area contributed by atoms with Crippen LogP contribution in [0.2, 0.25) is 0 Å². The molecule has 0 aliphatic carbocycles. The van der Waals surface area contributed by atoms with E-state index in [1.165, 1.54) is 13.8 Å². The fourth-order valence-electron chi connectivity index (χ4n) is 2.77. The van der Waals surface area contributed by atoms with E-state index in [1.54, 1.807) is 47.4 Å². The van der Waals surface area contributed by atoms with E-state index in [0.717, 1.165) is 0 Å². The van der Waals surface area contributed by atoms with Crippen LogP contribution in [0.5, 0.6) is 11.5 Å². The Labute approximate surface area is 156 Å². The lowest BCUT2D eigenvalue weighted by Crippen LogP contribution is -2.37. The number of benzene rings is 2. The van der Waals surface area contributed by atoms with Gasteiger partial charge in [-0.1, -0.05) is 0 Å². The zero-order valence-corrected chi connectivity index (χ0v) is 15.2. The molecule has 2 aromatic carbocycles. The van der Waals surface area contributed by atoms with E-state index in [2.05, 4.69) is 5.32 Å². The maximum atomic E-state index is 12.3. The molecule has 7 heteroatoms. The molecule has 3 rings (SSSR count). The molecule has 2 aromatic rings. The number of nitrogens with one attached hydrogen (secondary N) is 1. The summed E-state index contributed by atoms with van der Waals surface area (Å²) < 4.78 is 10.5. The van der Waals surface area contributed by atoms with Gasteiger partial charge in [-0.05, 0) is 49.4 Å². The summed E-state index contributed by atoms with van der Waals surface area (Å²) in [4.78, 5) is 37.2. The van der Waals surface area contributed by atoms with Crippen molar-refractivity contribution in [2.24, 2.45) is 0 Å². The lowest BCUT2D eigenvalue weighted by molar-refractivity contribution is -0.116. The van der Waals surface area contributed by atoms with Gasteiger partial charge in [-0.25, -0.2) is 0 Å². The van der Waals surface area contributed by atoms with Gasteiger partial charge in [0.25, 0.3) is 5.91 Å². The summed E-state index contributed by atoms with van der Waals surface area (Å²) >= 11 is 0. The topological polar surface area (TPSA) is 84.9 Å². The molecular weight excluding hydrogens is 348 g/mol. The molecule has 140 valence electrons. The highest BCUT2D eigenvalue weighted by Gasteiger charge is 2.17. The van der Waals surface area contributed by atoms with Gasteiger partial charge in [0.15, 0.2) is 17.3 Å². The molecule has 0 saturated heterocycles. The van der Waals surface area contributed by atoms with Crippen LogP contribution in [0.15, 0.2) is 42.5 Å². The number of nitrogens with zero attached hydrogens (tertiary/aromatic N) is 1. The normalized spacial score (nSPS) is 11.8. The maximum absolute atomic E-state index is 12.3. The van der Waals surface area contributed by atoms with E-state index >= 15 is 0 Å². The molecule has 0 saturated carbocycles. The number of ketones is 1.